The van der Waals surface area contributed by atoms with Crippen LogP contribution in [0.15, 0.2) is 12.1 Å². The van der Waals surface area contributed by atoms with E-state index >= 15 is 0 Å². The molecule has 0 spiro atoms. The third kappa shape index (κ3) is 4.08. The average molecular weight is 332 g/mol. The number of benzene rings is 1. The lowest BCUT2D eigenvalue weighted by Gasteiger charge is -2.35. The summed E-state index contributed by atoms with van der Waals surface area (Å²) in [4.78, 5) is 28.7. The molecule has 2 rings (SSSR count). The number of piperazine rings is 1. The van der Waals surface area contributed by atoms with E-state index in [1.54, 1.807) is 7.11 Å². The largest absolute Gasteiger partial charge is 0.496 e. The minimum absolute atomic E-state index is 0.0189. The maximum Gasteiger partial charge on any atom is 0.257 e. The van der Waals surface area contributed by atoms with E-state index in [0.29, 0.717) is 49.8 Å². The van der Waals surface area contributed by atoms with E-state index in [9.17, 15) is 9.59 Å². The standard InChI is InChI=1S/C19H28N2O3/c1-13(2)10-17(22)20-6-8-21(9-7-20)19(23)16-12-14(3)11-15(4)18(16)24-5/h11-13H,6-10H2,1-5H3. The Hall–Kier alpha value is -2.04. The van der Waals surface area contributed by atoms with Gasteiger partial charge in [0.2, 0.25) is 5.91 Å². The van der Waals surface area contributed by atoms with E-state index < -0.39 is 0 Å². The molecule has 1 aromatic rings. The molecule has 0 N–H and O–H groups in total. The van der Waals surface area contributed by atoms with E-state index in [2.05, 4.69) is 0 Å². The van der Waals surface area contributed by atoms with Gasteiger partial charge in [0, 0.05) is 32.6 Å². The van der Waals surface area contributed by atoms with Gasteiger partial charge in [-0.1, -0.05) is 19.9 Å². The molecule has 0 radical (unpaired) electrons. The number of carbonyl (C=O) groups excluding carboxylic acids is 2. The van der Waals surface area contributed by atoms with Gasteiger partial charge in [0.05, 0.1) is 12.7 Å². The Balaban J connectivity index is 2.07. The van der Waals surface area contributed by atoms with Gasteiger partial charge in [-0.2, -0.15) is 0 Å². The van der Waals surface area contributed by atoms with Gasteiger partial charge in [-0.25, -0.2) is 0 Å². The molecule has 1 heterocycles. The summed E-state index contributed by atoms with van der Waals surface area (Å²) < 4.78 is 5.43. The number of hydrogen-bond acceptors (Lipinski definition) is 3. The van der Waals surface area contributed by atoms with Crippen molar-refractivity contribution >= 4 is 11.8 Å². The first-order chi connectivity index (χ1) is 11.3. The highest BCUT2D eigenvalue weighted by molar-refractivity contribution is 5.97. The molecular formula is C19H28N2O3. The molecular weight excluding hydrogens is 304 g/mol. The topological polar surface area (TPSA) is 49.9 Å². The van der Waals surface area contributed by atoms with Gasteiger partial charge in [0.25, 0.3) is 5.91 Å². The van der Waals surface area contributed by atoms with E-state index in [0.717, 1.165) is 11.1 Å². The molecule has 0 bridgehead atoms. The van der Waals surface area contributed by atoms with Gasteiger partial charge in [0.15, 0.2) is 0 Å². The highest BCUT2D eigenvalue weighted by Crippen LogP contribution is 2.26. The minimum Gasteiger partial charge on any atom is -0.496 e. The Bertz CT molecular complexity index is 617. The number of methoxy groups -OCH3 is 1. The molecule has 0 unspecified atom stereocenters. The number of rotatable bonds is 4. The second-order valence-corrected chi connectivity index (χ2v) is 6.93. The van der Waals surface area contributed by atoms with Crippen LogP contribution in [0.4, 0.5) is 0 Å². The molecule has 0 aliphatic carbocycles. The van der Waals surface area contributed by atoms with Crippen molar-refractivity contribution in [3.05, 3.63) is 28.8 Å². The molecule has 1 saturated heterocycles. The van der Waals surface area contributed by atoms with Gasteiger partial charge in [-0.3, -0.25) is 9.59 Å². The second-order valence-electron chi connectivity index (χ2n) is 6.93. The van der Waals surface area contributed by atoms with Gasteiger partial charge in [-0.05, 0) is 37.0 Å². The third-order valence-electron chi connectivity index (χ3n) is 4.36. The molecule has 0 aromatic heterocycles. The van der Waals surface area contributed by atoms with E-state index in [4.69, 9.17) is 4.74 Å². The van der Waals surface area contributed by atoms with E-state index in [1.807, 2.05) is 49.6 Å². The Morgan fingerprint density at radius 1 is 1.08 bits per heavy atom. The second kappa shape index (κ2) is 7.69. The van der Waals surface area contributed by atoms with Crippen molar-refractivity contribution in [2.75, 3.05) is 33.3 Å². The van der Waals surface area contributed by atoms with E-state index in [-0.39, 0.29) is 11.8 Å². The van der Waals surface area contributed by atoms with Crippen LogP contribution in [0.25, 0.3) is 0 Å². The van der Waals surface area contributed by atoms with Crippen molar-refractivity contribution < 1.29 is 14.3 Å². The fourth-order valence-corrected chi connectivity index (χ4v) is 3.19. The quantitative estimate of drug-likeness (QED) is 0.852. The lowest BCUT2D eigenvalue weighted by atomic mass is 10.0. The lowest BCUT2D eigenvalue weighted by molar-refractivity contribution is -0.133. The Labute approximate surface area is 144 Å². The van der Waals surface area contributed by atoms with Crippen LogP contribution in [0.1, 0.15) is 41.8 Å². The van der Waals surface area contributed by atoms with Gasteiger partial charge in [-0.15, -0.1) is 0 Å². The van der Waals surface area contributed by atoms with Gasteiger partial charge < -0.3 is 14.5 Å². The van der Waals surface area contributed by atoms with Crippen molar-refractivity contribution in [2.24, 2.45) is 5.92 Å². The van der Waals surface area contributed by atoms with Crippen LogP contribution in [0.5, 0.6) is 5.75 Å². The van der Waals surface area contributed by atoms with Crippen LogP contribution in [-0.2, 0) is 4.79 Å². The van der Waals surface area contributed by atoms with Crippen LogP contribution in [0, 0.1) is 19.8 Å². The number of aryl methyl sites for hydroxylation is 2. The smallest absolute Gasteiger partial charge is 0.257 e. The number of nitrogens with zero attached hydrogens (tertiary/aromatic N) is 2. The molecule has 1 aliphatic rings. The molecule has 1 aromatic carbocycles. The molecule has 5 heteroatoms. The van der Waals surface area contributed by atoms with Crippen molar-refractivity contribution in [3.8, 4) is 5.75 Å². The summed E-state index contributed by atoms with van der Waals surface area (Å²) in [5.74, 6) is 1.16. The summed E-state index contributed by atoms with van der Waals surface area (Å²) in [6.07, 6.45) is 0.568. The first-order valence-corrected chi connectivity index (χ1v) is 8.55. The summed E-state index contributed by atoms with van der Waals surface area (Å²) >= 11 is 0. The highest BCUT2D eigenvalue weighted by Gasteiger charge is 2.27. The average Bonchev–Trinajstić information content (AvgIpc) is 2.53. The molecule has 2 amide bonds. The third-order valence-corrected chi connectivity index (χ3v) is 4.36. The first-order valence-electron chi connectivity index (χ1n) is 8.55. The number of hydrogen-bond donors (Lipinski definition) is 0. The highest BCUT2D eigenvalue weighted by atomic mass is 16.5. The van der Waals surface area contributed by atoms with Crippen LogP contribution < -0.4 is 4.74 Å². The summed E-state index contributed by atoms with van der Waals surface area (Å²) in [5.41, 5.74) is 2.62. The van der Waals surface area contributed by atoms with Crippen molar-refractivity contribution in [3.63, 3.8) is 0 Å². The Morgan fingerprint density at radius 3 is 2.21 bits per heavy atom. The van der Waals surface area contributed by atoms with Crippen LogP contribution in [-0.4, -0.2) is 54.9 Å². The Kier molecular flexibility index (Phi) is 5.86. The molecule has 0 atom stereocenters. The Morgan fingerprint density at radius 2 is 1.67 bits per heavy atom. The molecule has 5 nitrogen and oxygen atoms in total. The first kappa shape index (κ1) is 18.3. The normalized spacial score (nSPS) is 14.9. The zero-order valence-electron chi connectivity index (χ0n) is 15.4. The van der Waals surface area contributed by atoms with E-state index in [1.165, 1.54) is 0 Å². The molecule has 1 aliphatic heterocycles. The molecule has 0 saturated carbocycles. The fourth-order valence-electron chi connectivity index (χ4n) is 3.19. The zero-order valence-corrected chi connectivity index (χ0v) is 15.4. The summed E-state index contributed by atoms with van der Waals surface area (Å²) in [6.45, 7) is 10.4. The van der Waals surface area contributed by atoms with Gasteiger partial charge in [0.1, 0.15) is 5.75 Å². The summed E-state index contributed by atoms with van der Waals surface area (Å²) in [5, 5.41) is 0. The monoisotopic (exact) mass is 332 g/mol. The number of carbonyl (C=O) groups is 2. The summed E-state index contributed by atoms with van der Waals surface area (Å²) in [6, 6.07) is 3.89. The summed E-state index contributed by atoms with van der Waals surface area (Å²) in [7, 11) is 1.59. The predicted octanol–water partition coefficient (Wildman–Crippen LogP) is 2.64. The number of amides is 2. The van der Waals surface area contributed by atoms with Crippen molar-refractivity contribution in [1.29, 1.82) is 0 Å². The van der Waals surface area contributed by atoms with Crippen LogP contribution in [0.3, 0.4) is 0 Å². The minimum atomic E-state index is -0.0189. The maximum absolute atomic E-state index is 12.9. The van der Waals surface area contributed by atoms with Crippen molar-refractivity contribution in [2.45, 2.75) is 34.1 Å². The molecule has 1 fully saturated rings. The zero-order chi connectivity index (χ0) is 17.9. The predicted molar refractivity (Wildman–Crippen MR) is 94.4 cm³/mol. The number of ether oxygens (including phenoxy) is 1. The molecule has 132 valence electrons. The SMILES string of the molecule is COc1c(C)cc(C)cc1C(=O)N1CCN(C(=O)CC(C)C)CC1. The lowest BCUT2D eigenvalue weighted by Crippen LogP contribution is -2.50. The fraction of sp³-hybridized carbons (Fsp3) is 0.579. The van der Waals surface area contributed by atoms with Crippen LogP contribution >= 0.6 is 0 Å². The van der Waals surface area contributed by atoms with Crippen LogP contribution in [0.2, 0.25) is 0 Å². The molecule has 24 heavy (non-hydrogen) atoms. The van der Waals surface area contributed by atoms with Gasteiger partial charge >= 0.3 is 0 Å². The van der Waals surface area contributed by atoms with Crippen molar-refractivity contribution in [1.82, 2.24) is 9.80 Å². The maximum atomic E-state index is 12.9.